The molecule has 3 N–H and O–H groups in total. The number of nitrogens with two attached hydrogens (primary N) is 1. The van der Waals surface area contributed by atoms with Crippen LogP contribution in [0.1, 0.15) is 33.1 Å². The van der Waals surface area contributed by atoms with Gasteiger partial charge >= 0.3 is 0 Å². The smallest absolute Gasteiger partial charge is 0.292 e. The van der Waals surface area contributed by atoms with Crippen molar-refractivity contribution in [1.82, 2.24) is 4.72 Å². The average Bonchev–Trinajstić information content (AvgIpc) is 2.35. The third-order valence-electron chi connectivity index (χ3n) is 2.85. The molecule has 0 amide bonds. The second-order valence-corrected chi connectivity index (χ2v) is 6.36. The molecule has 0 saturated heterocycles. The summed E-state index contributed by atoms with van der Waals surface area (Å²) in [5.74, 6) is 0. The van der Waals surface area contributed by atoms with E-state index in [2.05, 4.69) is 4.72 Å². The molecule has 0 heterocycles. The minimum atomic E-state index is -3.71. The Kier molecular flexibility index (Phi) is 5.46. The summed E-state index contributed by atoms with van der Waals surface area (Å²) in [6.07, 6.45) is 2.64. The molecule has 0 aliphatic heterocycles. The largest absolute Gasteiger partial charge is 0.393 e. The summed E-state index contributed by atoms with van der Waals surface area (Å²) in [5, 5.41) is 10.6. The molecular formula is C12H19N3O4S. The molecule has 0 aromatic heterocycles. The summed E-state index contributed by atoms with van der Waals surface area (Å²) in [5.41, 5.74) is 5.03. The monoisotopic (exact) mass is 301 g/mol. The molecule has 1 unspecified atom stereocenters. The fourth-order valence-corrected chi connectivity index (χ4v) is 3.08. The number of nitro benzene ring substituents is 1. The van der Waals surface area contributed by atoms with Gasteiger partial charge in [0.25, 0.3) is 5.69 Å². The molecular weight excluding hydrogens is 282 g/mol. The van der Waals surface area contributed by atoms with Crippen LogP contribution in [0.3, 0.4) is 0 Å². The molecule has 0 aliphatic carbocycles. The average molecular weight is 301 g/mol. The van der Waals surface area contributed by atoms with E-state index in [4.69, 9.17) is 5.73 Å². The van der Waals surface area contributed by atoms with E-state index < -0.39 is 14.9 Å². The Bertz CT molecular complexity index is 586. The molecule has 1 aromatic carbocycles. The highest BCUT2D eigenvalue weighted by molar-refractivity contribution is 7.89. The second kappa shape index (κ2) is 6.67. The van der Waals surface area contributed by atoms with Crippen molar-refractivity contribution in [2.75, 3.05) is 5.73 Å². The predicted molar refractivity (Wildman–Crippen MR) is 76.8 cm³/mol. The van der Waals surface area contributed by atoms with Crippen molar-refractivity contribution in [1.29, 1.82) is 0 Å². The first-order valence-corrected chi connectivity index (χ1v) is 7.82. The molecule has 8 heteroatoms. The number of benzene rings is 1. The Balaban J connectivity index is 2.93. The number of unbranched alkanes of at least 4 members (excludes halogenated alkanes) is 1. The summed E-state index contributed by atoms with van der Waals surface area (Å²) >= 11 is 0. The third-order valence-corrected chi connectivity index (χ3v) is 4.44. The highest BCUT2D eigenvalue weighted by Gasteiger charge is 2.20. The summed E-state index contributed by atoms with van der Waals surface area (Å²) in [4.78, 5) is 9.92. The Hall–Kier alpha value is -1.67. The van der Waals surface area contributed by atoms with Gasteiger partial charge in [-0.2, -0.15) is 0 Å². The number of rotatable bonds is 7. The zero-order chi connectivity index (χ0) is 15.3. The lowest BCUT2D eigenvalue weighted by molar-refractivity contribution is -0.383. The van der Waals surface area contributed by atoms with Crippen LogP contribution in [-0.4, -0.2) is 19.4 Å². The van der Waals surface area contributed by atoms with Gasteiger partial charge < -0.3 is 5.73 Å². The quantitative estimate of drug-likeness (QED) is 0.454. The molecule has 7 nitrogen and oxygen atoms in total. The van der Waals surface area contributed by atoms with Crippen LogP contribution in [0.25, 0.3) is 0 Å². The van der Waals surface area contributed by atoms with Crippen LogP contribution < -0.4 is 10.5 Å². The fraction of sp³-hybridized carbons (Fsp3) is 0.500. The summed E-state index contributed by atoms with van der Waals surface area (Å²) in [6.45, 7) is 3.81. The first kappa shape index (κ1) is 16.4. The van der Waals surface area contributed by atoms with Gasteiger partial charge in [-0.1, -0.05) is 19.8 Å². The predicted octanol–water partition coefficient (Wildman–Crippen LogP) is 2.03. The molecule has 1 rings (SSSR count). The van der Waals surface area contributed by atoms with Crippen molar-refractivity contribution >= 4 is 21.4 Å². The molecule has 0 saturated carbocycles. The second-order valence-electron chi connectivity index (χ2n) is 4.64. The molecule has 1 atom stereocenters. The van der Waals surface area contributed by atoms with E-state index in [-0.39, 0.29) is 22.3 Å². The van der Waals surface area contributed by atoms with Gasteiger partial charge in [0, 0.05) is 12.1 Å². The highest BCUT2D eigenvalue weighted by atomic mass is 32.2. The van der Waals surface area contributed by atoms with Gasteiger partial charge in [0.1, 0.15) is 5.69 Å². The normalized spacial score (nSPS) is 13.1. The minimum Gasteiger partial charge on any atom is -0.393 e. The van der Waals surface area contributed by atoms with Crippen LogP contribution >= 0.6 is 0 Å². The summed E-state index contributed by atoms with van der Waals surface area (Å²) in [7, 11) is -3.71. The van der Waals surface area contributed by atoms with Gasteiger partial charge in [0.15, 0.2) is 0 Å². The molecule has 0 aliphatic rings. The highest BCUT2D eigenvalue weighted by Crippen LogP contribution is 2.24. The fourth-order valence-electron chi connectivity index (χ4n) is 1.77. The van der Waals surface area contributed by atoms with Crippen LogP contribution in [0.2, 0.25) is 0 Å². The van der Waals surface area contributed by atoms with Crippen LogP contribution in [0, 0.1) is 10.1 Å². The summed E-state index contributed by atoms with van der Waals surface area (Å²) in [6, 6.07) is 3.19. The van der Waals surface area contributed by atoms with E-state index in [1.54, 1.807) is 6.92 Å². The number of nitro groups is 1. The number of hydrogen-bond acceptors (Lipinski definition) is 5. The third kappa shape index (κ3) is 4.17. The van der Waals surface area contributed by atoms with Gasteiger partial charge in [-0.25, -0.2) is 13.1 Å². The van der Waals surface area contributed by atoms with Crippen molar-refractivity contribution in [3.05, 3.63) is 28.3 Å². The van der Waals surface area contributed by atoms with Crippen molar-refractivity contribution in [3.63, 3.8) is 0 Å². The van der Waals surface area contributed by atoms with E-state index in [1.807, 2.05) is 6.92 Å². The van der Waals surface area contributed by atoms with E-state index in [9.17, 15) is 18.5 Å². The maximum atomic E-state index is 12.1. The molecule has 20 heavy (non-hydrogen) atoms. The van der Waals surface area contributed by atoms with Gasteiger partial charge in [0.2, 0.25) is 10.0 Å². The number of sulfonamides is 1. The zero-order valence-electron chi connectivity index (χ0n) is 11.5. The van der Waals surface area contributed by atoms with Crippen molar-refractivity contribution in [2.45, 2.75) is 44.0 Å². The number of nitrogens with zero attached hydrogens (tertiary/aromatic N) is 1. The minimum absolute atomic E-state index is 0.0658. The number of nitrogen functional groups attached to an aromatic ring is 1. The number of hydrogen-bond donors (Lipinski definition) is 2. The van der Waals surface area contributed by atoms with Crippen LogP contribution in [0.4, 0.5) is 11.4 Å². The zero-order valence-corrected chi connectivity index (χ0v) is 12.3. The molecule has 0 bridgehead atoms. The first-order valence-electron chi connectivity index (χ1n) is 6.34. The van der Waals surface area contributed by atoms with E-state index in [0.717, 1.165) is 31.4 Å². The van der Waals surface area contributed by atoms with Gasteiger partial charge in [-0.15, -0.1) is 0 Å². The molecule has 0 fully saturated rings. The maximum absolute atomic E-state index is 12.1. The van der Waals surface area contributed by atoms with E-state index >= 15 is 0 Å². The Morgan fingerprint density at radius 1 is 1.45 bits per heavy atom. The molecule has 1 aromatic rings. The van der Waals surface area contributed by atoms with Gasteiger partial charge in [-0.3, -0.25) is 10.1 Å². The Morgan fingerprint density at radius 2 is 2.10 bits per heavy atom. The molecule has 112 valence electrons. The van der Waals surface area contributed by atoms with Gasteiger partial charge in [0.05, 0.1) is 9.82 Å². The SMILES string of the molecule is CCCCC(C)NS(=O)(=O)c1ccc([N+](=O)[O-])c(N)c1. The van der Waals surface area contributed by atoms with Crippen molar-refractivity contribution < 1.29 is 13.3 Å². The lowest BCUT2D eigenvalue weighted by Gasteiger charge is -2.14. The van der Waals surface area contributed by atoms with Crippen LogP contribution in [0.15, 0.2) is 23.1 Å². The Morgan fingerprint density at radius 3 is 2.60 bits per heavy atom. The van der Waals surface area contributed by atoms with Crippen LogP contribution in [-0.2, 0) is 10.0 Å². The van der Waals surface area contributed by atoms with Gasteiger partial charge in [-0.05, 0) is 25.5 Å². The topological polar surface area (TPSA) is 115 Å². The number of nitrogens with one attached hydrogen (secondary N) is 1. The van der Waals surface area contributed by atoms with Crippen LogP contribution in [0.5, 0.6) is 0 Å². The van der Waals surface area contributed by atoms with Crippen molar-refractivity contribution in [3.8, 4) is 0 Å². The Labute approximate surface area is 118 Å². The van der Waals surface area contributed by atoms with E-state index in [1.165, 1.54) is 6.07 Å². The lowest BCUT2D eigenvalue weighted by Crippen LogP contribution is -2.32. The summed E-state index contributed by atoms with van der Waals surface area (Å²) < 4.78 is 26.7. The van der Waals surface area contributed by atoms with E-state index in [0.29, 0.717) is 0 Å². The molecule has 0 radical (unpaired) electrons. The van der Waals surface area contributed by atoms with Crippen molar-refractivity contribution in [2.24, 2.45) is 0 Å². The standard InChI is InChI=1S/C12H19N3O4S/c1-3-4-5-9(2)14-20(18,19)10-6-7-12(15(16)17)11(13)8-10/h6-9,14H,3-5,13H2,1-2H3. The maximum Gasteiger partial charge on any atom is 0.292 e. The molecule has 0 spiro atoms. The number of anilines is 1. The lowest BCUT2D eigenvalue weighted by atomic mass is 10.2. The first-order chi connectivity index (χ1) is 9.27.